The Morgan fingerprint density at radius 1 is 0.538 bits per heavy atom. The number of hydrogen-bond donors (Lipinski definition) is 2. The molecule has 0 aliphatic rings. The Balaban J connectivity index is 3.20. The average molecular weight is 371 g/mol. The van der Waals surface area contributed by atoms with Gasteiger partial charge in [0.05, 0.1) is 0 Å². The van der Waals surface area contributed by atoms with E-state index in [1.54, 1.807) is 0 Å². The van der Waals surface area contributed by atoms with Crippen molar-refractivity contribution >= 4 is 11.9 Å². The van der Waals surface area contributed by atoms with E-state index in [0.717, 1.165) is 12.8 Å². The molecule has 4 nitrogen and oxygen atoms in total. The number of carboxylic acids is 2. The van der Waals surface area contributed by atoms with Crippen LogP contribution in [-0.4, -0.2) is 22.2 Å². The maximum absolute atomic E-state index is 10.8. The van der Waals surface area contributed by atoms with Crippen LogP contribution in [0.2, 0.25) is 0 Å². The molecule has 2 N–H and O–H groups in total. The highest BCUT2D eigenvalue weighted by Gasteiger charge is 2.24. The Hall–Kier alpha value is -1.06. The van der Waals surface area contributed by atoms with E-state index in [9.17, 15) is 9.59 Å². The highest BCUT2D eigenvalue weighted by Crippen LogP contribution is 2.15. The molecule has 0 spiro atoms. The Bertz CT molecular complexity index is 327. The molecule has 0 bridgehead atoms. The van der Waals surface area contributed by atoms with Gasteiger partial charge in [0.15, 0.2) is 5.92 Å². The first kappa shape index (κ1) is 24.9. The van der Waals surface area contributed by atoms with Gasteiger partial charge < -0.3 is 10.2 Å². The molecule has 0 amide bonds. The third-order valence-electron chi connectivity index (χ3n) is 5.19. The summed E-state index contributed by atoms with van der Waals surface area (Å²) in [7, 11) is 0. The van der Waals surface area contributed by atoms with E-state index in [1.165, 1.54) is 89.9 Å². The fourth-order valence-corrected chi connectivity index (χ4v) is 3.43. The molecule has 26 heavy (non-hydrogen) atoms. The van der Waals surface area contributed by atoms with Crippen molar-refractivity contribution in [3.8, 4) is 0 Å². The number of carboxylic acid groups (broad SMARTS) is 2. The molecule has 0 saturated carbocycles. The maximum Gasteiger partial charge on any atom is 0.317 e. The summed E-state index contributed by atoms with van der Waals surface area (Å²) >= 11 is 0. The summed E-state index contributed by atoms with van der Waals surface area (Å²) in [5.41, 5.74) is 0. The topological polar surface area (TPSA) is 74.6 Å². The fourth-order valence-electron chi connectivity index (χ4n) is 3.43. The first-order chi connectivity index (χ1) is 12.6. The van der Waals surface area contributed by atoms with Gasteiger partial charge in [-0.1, -0.05) is 116 Å². The van der Waals surface area contributed by atoms with Crippen molar-refractivity contribution < 1.29 is 19.8 Å². The maximum atomic E-state index is 10.8. The molecular formula is C22H42O4. The lowest BCUT2D eigenvalue weighted by Crippen LogP contribution is -2.23. The lowest BCUT2D eigenvalue weighted by Gasteiger charge is -2.07. The van der Waals surface area contributed by atoms with E-state index >= 15 is 0 Å². The standard InChI is InChI=1S/C22H42O4/c1-2-3-4-5-6-7-8-9-10-11-12-13-14-15-16-17-18-19-20(21(23)24)22(25)26/h20H,2-19H2,1H3,(H,23,24)(H,25,26). The predicted molar refractivity (Wildman–Crippen MR) is 108 cm³/mol. The van der Waals surface area contributed by atoms with E-state index in [1.807, 2.05) is 0 Å². The van der Waals surface area contributed by atoms with Gasteiger partial charge in [-0.2, -0.15) is 0 Å². The molecule has 0 saturated heterocycles. The van der Waals surface area contributed by atoms with E-state index < -0.39 is 17.9 Å². The lowest BCUT2D eigenvalue weighted by atomic mass is 10.00. The largest absolute Gasteiger partial charge is 0.481 e. The molecule has 0 aliphatic carbocycles. The minimum absolute atomic E-state index is 0.253. The van der Waals surface area contributed by atoms with Crippen molar-refractivity contribution in [1.82, 2.24) is 0 Å². The van der Waals surface area contributed by atoms with Gasteiger partial charge in [0, 0.05) is 0 Å². The van der Waals surface area contributed by atoms with Gasteiger partial charge >= 0.3 is 11.9 Å². The molecule has 4 heteroatoms. The zero-order chi connectivity index (χ0) is 19.5. The van der Waals surface area contributed by atoms with Crippen LogP contribution in [0, 0.1) is 5.92 Å². The van der Waals surface area contributed by atoms with Crippen molar-refractivity contribution in [3.05, 3.63) is 0 Å². The second-order valence-corrected chi connectivity index (χ2v) is 7.67. The first-order valence-corrected chi connectivity index (χ1v) is 11.0. The van der Waals surface area contributed by atoms with Crippen LogP contribution >= 0.6 is 0 Å². The molecule has 0 fully saturated rings. The monoisotopic (exact) mass is 370 g/mol. The van der Waals surface area contributed by atoms with E-state index in [2.05, 4.69) is 6.92 Å². The fraction of sp³-hybridized carbons (Fsp3) is 0.909. The third-order valence-corrected chi connectivity index (χ3v) is 5.19. The van der Waals surface area contributed by atoms with Gasteiger partial charge in [0.2, 0.25) is 0 Å². The summed E-state index contributed by atoms with van der Waals surface area (Å²) in [4.78, 5) is 21.5. The van der Waals surface area contributed by atoms with E-state index in [-0.39, 0.29) is 6.42 Å². The Morgan fingerprint density at radius 2 is 0.808 bits per heavy atom. The molecule has 0 rings (SSSR count). The molecule has 0 aromatic carbocycles. The quantitative estimate of drug-likeness (QED) is 0.182. The molecule has 0 unspecified atom stereocenters. The molecule has 0 aromatic rings. The van der Waals surface area contributed by atoms with Crippen molar-refractivity contribution in [2.24, 2.45) is 5.92 Å². The first-order valence-electron chi connectivity index (χ1n) is 11.0. The van der Waals surface area contributed by atoms with Crippen molar-refractivity contribution in [2.75, 3.05) is 0 Å². The number of rotatable bonds is 20. The van der Waals surface area contributed by atoms with Crippen molar-refractivity contribution in [3.63, 3.8) is 0 Å². The second kappa shape index (κ2) is 18.7. The zero-order valence-electron chi connectivity index (χ0n) is 17.0. The van der Waals surface area contributed by atoms with Gasteiger partial charge in [-0.3, -0.25) is 9.59 Å². The zero-order valence-corrected chi connectivity index (χ0v) is 17.0. The summed E-state index contributed by atoms with van der Waals surface area (Å²) < 4.78 is 0. The Labute approximate surface area is 160 Å². The van der Waals surface area contributed by atoms with Crippen LogP contribution in [0.1, 0.15) is 122 Å². The predicted octanol–water partition coefficient (Wildman–Crippen LogP) is 6.81. The summed E-state index contributed by atoms with van der Waals surface area (Å²) in [6.07, 6.45) is 21.9. The van der Waals surface area contributed by atoms with Gasteiger partial charge in [0.25, 0.3) is 0 Å². The number of unbranched alkanes of at least 4 members (excludes halogenated alkanes) is 16. The van der Waals surface area contributed by atoms with E-state index in [4.69, 9.17) is 10.2 Å². The number of hydrogen-bond acceptors (Lipinski definition) is 2. The van der Waals surface area contributed by atoms with Crippen LogP contribution in [0.15, 0.2) is 0 Å². The van der Waals surface area contributed by atoms with Gasteiger partial charge in [-0.25, -0.2) is 0 Å². The molecule has 0 heterocycles. The summed E-state index contributed by atoms with van der Waals surface area (Å²) in [5.74, 6) is -3.66. The lowest BCUT2D eigenvalue weighted by molar-refractivity contribution is -0.154. The minimum Gasteiger partial charge on any atom is -0.481 e. The molecule has 0 aliphatic heterocycles. The van der Waals surface area contributed by atoms with E-state index in [0.29, 0.717) is 6.42 Å². The highest BCUT2D eigenvalue weighted by atomic mass is 16.4. The molecule has 154 valence electrons. The number of carbonyl (C=O) groups is 2. The SMILES string of the molecule is CCCCCCCCCCCCCCCCCCCC(C(=O)O)C(=O)O. The smallest absolute Gasteiger partial charge is 0.317 e. The molecule has 0 atom stereocenters. The van der Waals surface area contributed by atoms with Crippen LogP contribution in [-0.2, 0) is 9.59 Å². The normalized spacial score (nSPS) is 11.2. The third kappa shape index (κ3) is 16.4. The molecular weight excluding hydrogens is 328 g/mol. The highest BCUT2D eigenvalue weighted by molar-refractivity contribution is 5.92. The Kier molecular flexibility index (Phi) is 18.0. The van der Waals surface area contributed by atoms with Crippen molar-refractivity contribution in [1.29, 1.82) is 0 Å². The summed E-state index contributed by atoms with van der Waals surface area (Å²) in [6, 6.07) is 0. The van der Waals surface area contributed by atoms with Crippen LogP contribution in [0.3, 0.4) is 0 Å². The van der Waals surface area contributed by atoms with Gasteiger partial charge in [0.1, 0.15) is 0 Å². The average Bonchev–Trinajstić information content (AvgIpc) is 2.60. The van der Waals surface area contributed by atoms with Crippen LogP contribution in [0.5, 0.6) is 0 Å². The van der Waals surface area contributed by atoms with Gasteiger partial charge in [-0.05, 0) is 6.42 Å². The van der Waals surface area contributed by atoms with Crippen LogP contribution in [0.4, 0.5) is 0 Å². The van der Waals surface area contributed by atoms with Crippen LogP contribution < -0.4 is 0 Å². The molecule has 0 aromatic heterocycles. The number of aliphatic carboxylic acids is 2. The molecule has 0 radical (unpaired) electrons. The van der Waals surface area contributed by atoms with Crippen LogP contribution in [0.25, 0.3) is 0 Å². The van der Waals surface area contributed by atoms with Crippen molar-refractivity contribution in [2.45, 2.75) is 122 Å². The summed E-state index contributed by atoms with van der Waals surface area (Å²) in [5, 5.41) is 17.6. The minimum atomic E-state index is -1.23. The summed E-state index contributed by atoms with van der Waals surface area (Å²) in [6.45, 7) is 2.26. The Morgan fingerprint density at radius 3 is 1.08 bits per heavy atom. The second-order valence-electron chi connectivity index (χ2n) is 7.67. The van der Waals surface area contributed by atoms with Gasteiger partial charge in [-0.15, -0.1) is 0 Å².